The number of methoxy groups -OCH3 is 1. The van der Waals surface area contributed by atoms with E-state index in [1.54, 1.807) is 12.1 Å². The molecular weight excluding hydrogens is 396 g/mol. The van der Waals surface area contributed by atoms with Crippen LogP contribution >= 0.6 is 0 Å². The molecule has 0 saturated carbocycles. The minimum Gasteiger partial charge on any atom is -0.465 e. The zero-order valence-corrected chi connectivity index (χ0v) is 15.8. The van der Waals surface area contributed by atoms with Crippen molar-refractivity contribution in [1.82, 2.24) is 4.90 Å². The molecule has 1 aliphatic heterocycles. The zero-order valence-electron chi connectivity index (χ0n) is 15.8. The summed E-state index contributed by atoms with van der Waals surface area (Å²) in [6.45, 7) is -0.322. The van der Waals surface area contributed by atoms with E-state index in [1.807, 2.05) is 0 Å². The Morgan fingerprint density at radius 1 is 1.07 bits per heavy atom. The SMILES string of the molecule is COC(=O)c1ccc(COC(=O)CCN2C(=O)c3cccc([N+](=O)[O-])c3C2=O)cc1. The molecule has 0 fully saturated rings. The van der Waals surface area contributed by atoms with E-state index in [2.05, 4.69) is 4.74 Å². The van der Waals surface area contributed by atoms with Gasteiger partial charge in [0, 0.05) is 12.6 Å². The van der Waals surface area contributed by atoms with E-state index in [0.717, 1.165) is 11.0 Å². The zero-order chi connectivity index (χ0) is 21.8. The number of fused-ring (bicyclic) bond motifs is 1. The summed E-state index contributed by atoms with van der Waals surface area (Å²) in [4.78, 5) is 59.4. The van der Waals surface area contributed by atoms with Gasteiger partial charge in [-0.1, -0.05) is 18.2 Å². The molecule has 3 rings (SSSR count). The van der Waals surface area contributed by atoms with Crippen LogP contribution in [0.5, 0.6) is 0 Å². The number of nitrogens with zero attached hydrogens (tertiary/aromatic N) is 2. The predicted octanol–water partition coefficient (Wildman–Crippen LogP) is 2.11. The molecule has 2 aromatic carbocycles. The summed E-state index contributed by atoms with van der Waals surface area (Å²) in [6, 6.07) is 10.1. The highest BCUT2D eigenvalue weighted by Gasteiger charge is 2.40. The summed E-state index contributed by atoms with van der Waals surface area (Å²) in [5, 5.41) is 11.1. The fraction of sp³-hybridized carbons (Fsp3) is 0.200. The summed E-state index contributed by atoms with van der Waals surface area (Å²) in [5.74, 6) is -2.64. The van der Waals surface area contributed by atoms with Gasteiger partial charge in [0.1, 0.15) is 12.2 Å². The lowest BCUT2D eigenvalue weighted by molar-refractivity contribution is -0.385. The lowest BCUT2D eigenvalue weighted by Gasteiger charge is -2.13. The van der Waals surface area contributed by atoms with Crippen LogP contribution in [0.1, 0.15) is 43.1 Å². The van der Waals surface area contributed by atoms with E-state index in [-0.39, 0.29) is 30.7 Å². The molecule has 10 heteroatoms. The number of hydrogen-bond acceptors (Lipinski definition) is 8. The van der Waals surface area contributed by atoms with Crippen LogP contribution in [0.3, 0.4) is 0 Å². The Morgan fingerprint density at radius 3 is 2.40 bits per heavy atom. The van der Waals surface area contributed by atoms with Gasteiger partial charge in [-0.2, -0.15) is 0 Å². The molecule has 0 aromatic heterocycles. The standard InChI is InChI=1S/C20H16N2O8/c1-29-20(26)13-7-5-12(6-8-13)11-30-16(23)9-10-21-18(24)14-3-2-4-15(22(27)28)17(14)19(21)25/h2-8H,9-11H2,1H3. The average molecular weight is 412 g/mol. The van der Waals surface area contributed by atoms with Crippen LogP contribution in [0.4, 0.5) is 5.69 Å². The van der Waals surface area contributed by atoms with Gasteiger partial charge >= 0.3 is 11.9 Å². The summed E-state index contributed by atoms with van der Waals surface area (Å²) in [6.07, 6.45) is -0.264. The average Bonchev–Trinajstić information content (AvgIpc) is 3.00. The number of carbonyl (C=O) groups is 4. The molecule has 10 nitrogen and oxygen atoms in total. The van der Waals surface area contributed by atoms with Crippen molar-refractivity contribution in [2.75, 3.05) is 13.7 Å². The van der Waals surface area contributed by atoms with Gasteiger partial charge in [0.25, 0.3) is 17.5 Å². The second-order valence-corrected chi connectivity index (χ2v) is 6.32. The first kappa shape index (κ1) is 20.6. The van der Waals surface area contributed by atoms with Gasteiger partial charge in [-0.05, 0) is 23.8 Å². The molecule has 0 aliphatic carbocycles. The Labute approximate surface area is 170 Å². The Kier molecular flexibility index (Phi) is 5.86. The Morgan fingerprint density at radius 2 is 1.77 bits per heavy atom. The largest absolute Gasteiger partial charge is 0.465 e. The highest BCUT2D eigenvalue weighted by atomic mass is 16.6. The van der Waals surface area contributed by atoms with E-state index in [4.69, 9.17) is 4.74 Å². The van der Waals surface area contributed by atoms with Crippen LogP contribution in [0.25, 0.3) is 0 Å². The quantitative estimate of drug-likeness (QED) is 0.292. The van der Waals surface area contributed by atoms with E-state index < -0.39 is 34.4 Å². The maximum absolute atomic E-state index is 12.4. The summed E-state index contributed by atoms with van der Waals surface area (Å²) in [5.41, 5.74) is 0.200. The minimum atomic E-state index is -0.812. The number of hydrogen-bond donors (Lipinski definition) is 0. The third-order valence-electron chi connectivity index (χ3n) is 4.49. The molecule has 0 atom stereocenters. The molecule has 2 aromatic rings. The monoisotopic (exact) mass is 412 g/mol. The van der Waals surface area contributed by atoms with Gasteiger partial charge in [0.15, 0.2) is 0 Å². The van der Waals surface area contributed by atoms with Crippen molar-refractivity contribution in [3.05, 3.63) is 74.8 Å². The first-order chi connectivity index (χ1) is 14.3. The number of esters is 2. The van der Waals surface area contributed by atoms with Gasteiger partial charge in [0.05, 0.1) is 29.6 Å². The second-order valence-electron chi connectivity index (χ2n) is 6.32. The number of benzene rings is 2. The predicted molar refractivity (Wildman–Crippen MR) is 101 cm³/mol. The van der Waals surface area contributed by atoms with Crippen molar-refractivity contribution < 1.29 is 33.6 Å². The van der Waals surface area contributed by atoms with Crippen LogP contribution in [-0.4, -0.2) is 47.2 Å². The smallest absolute Gasteiger partial charge is 0.337 e. The number of nitro groups is 1. The molecule has 1 aliphatic rings. The molecule has 154 valence electrons. The molecular formula is C20H16N2O8. The minimum absolute atomic E-state index is 0.0616. The third kappa shape index (κ3) is 4.02. The van der Waals surface area contributed by atoms with Crippen LogP contribution in [0.15, 0.2) is 42.5 Å². The van der Waals surface area contributed by atoms with Crippen molar-refractivity contribution in [3.63, 3.8) is 0 Å². The van der Waals surface area contributed by atoms with Crippen LogP contribution in [0.2, 0.25) is 0 Å². The van der Waals surface area contributed by atoms with E-state index >= 15 is 0 Å². The molecule has 2 amide bonds. The highest BCUT2D eigenvalue weighted by Crippen LogP contribution is 2.30. The fourth-order valence-corrected chi connectivity index (χ4v) is 2.96. The topological polar surface area (TPSA) is 133 Å². The molecule has 1 heterocycles. The van der Waals surface area contributed by atoms with Gasteiger partial charge in [0.2, 0.25) is 0 Å². The Balaban J connectivity index is 1.57. The van der Waals surface area contributed by atoms with E-state index in [1.165, 1.54) is 31.4 Å². The molecule has 0 spiro atoms. The number of imide groups is 1. The van der Waals surface area contributed by atoms with Gasteiger partial charge < -0.3 is 9.47 Å². The number of ether oxygens (including phenoxy) is 2. The third-order valence-corrected chi connectivity index (χ3v) is 4.49. The van der Waals surface area contributed by atoms with E-state index in [0.29, 0.717) is 11.1 Å². The van der Waals surface area contributed by atoms with Gasteiger partial charge in [-0.3, -0.25) is 29.4 Å². The van der Waals surface area contributed by atoms with Crippen LogP contribution in [0, 0.1) is 10.1 Å². The molecule has 0 unspecified atom stereocenters. The Bertz CT molecular complexity index is 1050. The number of carbonyl (C=O) groups excluding carboxylic acids is 4. The van der Waals surface area contributed by atoms with E-state index in [9.17, 15) is 29.3 Å². The lowest BCUT2D eigenvalue weighted by atomic mass is 10.1. The summed E-state index contributed by atoms with van der Waals surface area (Å²) < 4.78 is 9.71. The summed E-state index contributed by atoms with van der Waals surface area (Å²) in [7, 11) is 1.27. The van der Waals surface area contributed by atoms with Crippen molar-refractivity contribution in [2.45, 2.75) is 13.0 Å². The molecule has 0 N–H and O–H groups in total. The maximum Gasteiger partial charge on any atom is 0.337 e. The Hall–Kier alpha value is -4.08. The van der Waals surface area contributed by atoms with Crippen LogP contribution in [-0.2, 0) is 20.9 Å². The highest BCUT2D eigenvalue weighted by molar-refractivity contribution is 6.23. The first-order valence-electron chi connectivity index (χ1n) is 8.80. The summed E-state index contributed by atoms with van der Waals surface area (Å²) >= 11 is 0. The van der Waals surface area contributed by atoms with Crippen molar-refractivity contribution in [3.8, 4) is 0 Å². The first-order valence-corrected chi connectivity index (χ1v) is 8.80. The number of amides is 2. The van der Waals surface area contributed by atoms with Crippen molar-refractivity contribution in [2.24, 2.45) is 0 Å². The number of rotatable bonds is 7. The molecule has 0 bridgehead atoms. The molecule has 0 saturated heterocycles. The van der Waals surface area contributed by atoms with Gasteiger partial charge in [-0.25, -0.2) is 4.79 Å². The second kappa shape index (κ2) is 8.52. The molecule has 30 heavy (non-hydrogen) atoms. The van der Waals surface area contributed by atoms with Crippen molar-refractivity contribution >= 4 is 29.4 Å². The lowest BCUT2D eigenvalue weighted by Crippen LogP contribution is -2.32. The fourth-order valence-electron chi connectivity index (χ4n) is 2.96. The van der Waals surface area contributed by atoms with Gasteiger partial charge in [-0.15, -0.1) is 0 Å². The molecule has 0 radical (unpaired) electrons. The maximum atomic E-state index is 12.4. The normalized spacial score (nSPS) is 12.5. The van der Waals surface area contributed by atoms with Crippen LogP contribution < -0.4 is 0 Å². The van der Waals surface area contributed by atoms with Crippen molar-refractivity contribution in [1.29, 1.82) is 0 Å². The number of nitro benzene ring substituents is 1.